The third-order valence-electron chi connectivity index (χ3n) is 2.38. The van der Waals surface area contributed by atoms with Gasteiger partial charge in [0, 0.05) is 6.42 Å². The first-order chi connectivity index (χ1) is 6.60. The maximum atomic E-state index is 11.6. The number of ether oxygens (including phenoxy) is 2. The molecule has 0 spiro atoms. The van der Waals surface area contributed by atoms with Gasteiger partial charge in [0.05, 0.1) is 6.10 Å². The van der Waals surface area contributed by atoms with Crippen LogP contribution in [-0.4, -0.2) is 18.0 Å². The van der Waals surface area contributed by atoms with E-state index >= 15 is 0 Å². The van der Waals surface area contributed by atoms with Gasteiger partial charge >= 0.3 is 0 Å². The quantitative estimate of drug-likeness (QED) is 0.696. The van der Waals surface area contributed by atoms with Crippen LogP contribution in [0, 0.1) is 0 Å². The van der Waals surface area contributed by atoms with Crippen molar-refractivity contribution < 1.29 is 14.3 Å². The standard InChI is InChI=1S/C11H18O3/c1-5-7(3)13-11-9(6-2)14-8(4)10(11)12/h7-8H,5-6H2,1-4H3. The Hall–Kier alpha value is -0.990. The van der Waals surface area contributed by atoms with Crippen molar-refractivity contribution in [2.45, 2.75) is 52.7 Å². The summed E-state index contributed by atoms with van der Waals surface area (Å²) in [6.45, 7) is 7.70. The molecule has 1 rings (SSSR count). The molecule has 0 bridgehead atoms. The lowest BCUT2D eigenvalue weighted by Crippen LogP contribution is -2.17. The molecule has 0 radical (unpaired) electrons. The second-order valence-electron chi connectivity index (χ2n) is 3.57. The molecule has 1 aliphatic heterocycles. The highest BCUT2D eigenvalue weighted by molar-refractivity contribution is 5.99. The summed E-state index contributed by atoms with van der Waals surface area (Å²) in [5.41, 5.74) is 0. The minimum atomic E-state index is -0.371. The molecule has 3 heteroatoms. The fourth-order valence-corrected chi connectivity index (χ4v) is 1.29. The van der Waals surface area contributed by atoms with E-state index < -0.39 is 0 Å². The van der Waals surface area contributed by atoms with Crippen molar-refractivity contribution in [2.75, 3.05) is 0 Å². The zero-order valence-corrected chi connectivity index (χ0v) is 9.29. The summed E-state index contributed by atoms with van der Waals surface area (Å²) in [6, 6.07) is 0. The highest BCUT2D eigenvalue weighted by Crippen LogP contribution is 2.26. The second-order valence-corrected chi connectivity index (χ2v) is 3.57. The van der Waals surface area contributed by atoms with E-state index in [2.05, 4.69) is 0 Å². The van der Waals surface area contributed by atoms with Gasteiger partial charge in [0.15, 0.2) is 6.10 Å². The Labute approximate surface area is 85.1 Å². The van der Waals surface area contributed by atoms with E-state index in [0.717, 1.165) is 6.42 Å². The molecule has 2 atom stereocenters. The lowest BCUT2D eigenvalue weighted by molar-refractivity contribution is -0.123. The van der Waals surface area contributed by atoms with E-state index in [4.69, 9.17) is 9.47 Å². The third-order valence-corrected chi connectivity index (χ3v) is 2.38. The van der Waals surface area contributed by atoms with Gasteiger partial charge in [-0.1, -0.05) is 13.8 Å². The molecule has 0 saturated heterocycles. The molecule has 0 aromatic rings. The number of allylic oxidation sites excluding steroid dienone is 1. The van der Waals surface area contributed by atoms with E-state index in [0.29, 0.717) is 17.9 Å². The molecule has 1 heterocycles. The first-order valence-electron chi connectivity index (χ1n) is 5.20. The van der Waals surface area contributed by atoms with Crippen molar-refractivity contribution in [1.29, 1.82) is 0 Å². The minimum Gasteiger partial charge on any atom is -0.484 e. The molecule has 0 aromatic heterocycles. The molecule has 0 fully saturated rings. The Balaban J connectivity index is 2.76. The van der Waals surface area contributed by atoms with Gasteiger partial charge in [0.2, 0.25) is 11.5 Å². The second kappa shape index (κ2) is 4.49. The Morgan fingerprint density at radius 3 is 2.64 bits per heavy atom. The molecular weight excluding hydrogens is 180 g/mol. The van der Waals surface area contributed by atoms with Crippen LogP contribution in [0.5, 0.6) is 0 Å². The lowest BCUT2D eigenvalue weighted by atomic mass is 10.2. The summed E-state index contributed by atoms with van der Waals surface area (Å²) in [6.07, 6.45) is 1.30. The van der Waals surface area contributed by atoms with Crippen molar-refractivity contribution >= 4 is 5.78 Å². The van der Waals surface area contributed by atoms with E-state index in [9.17, 15) is 4.79 Å². The van der Waals surface area contributed by atoms with Crippen LogP contribution in [0.4, 0.5) is 0 Å². The molecular formula is C11H18O3. The molecule has 14 heavy (non-hydrogen) atoms. The van der Waals surface area contributed by atoms with Gasteiger partial charge in [-0.2, -0.15) is 0 Å². The van der Waals surface area contributed by atoms with Crippen LogP contribution in [0.25, 0.3) is 0 Å². The first kappa shape index (κ1) is 11.1. The Morgan fingerprint density at radius 1 is 1.50 bits per heavy atom. The van der Waals surface area contributed by atoms with Crippen molar-refractivity contribution in [3.63, 3.8) is 0 Å². The Morgan fingerprint density at radius 2 is 2.14 bits per heavy atom. The van der Waals surface area contributed by atoms with Gasteiger partial charge in [0.25, 0.3) is 0 Å². The van der Waals surface area contributed by atoms with Gasteiger partial charge in [-0.15, -0.1) is 0 Å². The molecule has 0 amide bonds. The molecule has 3 nitrogen and oxygen atoms in total. The molecule has 2 unspecified atom stereocenters. The molecule has 0 aliphatic carbocycles. The normalized spacial score (nSPS) is 23.7. The van der Waals surface area contributed by atoms with Crippen LogP contribution < -0.4 is 0 Å². The lowest BCUT2D eigenvalue weighted by Gasteiger charge is -2.12. The molecule has 80 valence electrons. The molecule has 0 N–H and O–H groups in total. The van der Waals surface area contributed by atoms with Crippen molar-refractivity contribution in [3.05, 3.63) is 11.5 Å². The fourth-order valence-electron chi connectivity index (χ4n) is 1.29. The summed E-state index contributed by atoms with van der Waals surface area (Å²) >= 11 is 0. The van der Waals surface area contributed by atoms with Gasteiger partial charge in [-0.3, -0.25) is 4.79 Å². The summed E-state index contributed by atoms with van der Waals surface area (Å²) in [5, 5.41) is 0. The van der Waals surface area contributed by atoms with E-state index in [1.165, 1.54) is 0 Å². The van der Waals surface area contributed by atoms with Crippen LogP contribution in [-0.2, 0) is 14.3 Å². The predicted octanol–water partition coefficient (Wildman–Crippen LogP) is 2.41. The molecule has 0 saturated carbocycles. The van der Waals surface area contributed by atoms with Crippen LogP contribution in [0.2, 0.25) is 0 Å². The monoisotopic (exact) mass is 198 g/mol. The SMILES string of the molecule is CCC1=C(OC(C)CC)C(=O)C(C)O1. The predicted molar refractivity (Wildman–Crippen MR) is 53.7 cm³/mol. The maximum absolute atomic E-state index is 11.6. The summed E-state index contributed by atoms with van der Waals surface area (Å²) in [5.74, 6) is 1.11. The van der Waals surface area contributed by atoms with Crippen molar-refractivity contribution in [2.24, 2.45) is 0 Å². The summed E-state index contributed by atoms with van der Waals surface area (Å²) in [7, 11) is 0. The first-order valence-corrected chi connectivity index (χ1v) is 5.20. The number of Topliss-reactive ketones (excluding diaryl/α,β-unsaturated/α-hetero) is 1. The number of hydrogen-bond acceptors (Lipinski definition) is 3. The third kappa shape index (κ3) is 2.08. The summed E-state index contributed by atoms with van der Waals surface area (Å²) < 4.78 is 10.9. The highest BCUT2D eigenvalue weighted by Gasteiger charge is 2.33. The minimum absolute atomic E-state index is 0.0258. The Bertz CT molecular complexity index is 255. The van der Waals surface area contributed by atoms with Crippen LogP contribution in [0.15, 0.2) is 11.5 Å². The van der Waals surface area contributed by atoms with E-state index in [1.54, 1.807) is 6.92 Å². The van der Waals surface area contributed by atoms with E-state index in [1.807, 2.05) is 20.8 Å². The average molecular weight is 198 g/mol. The van der Waals surface area contributed by atoms with Crippen molar-refractivity contribution in [1.82, 2.24) is 0 Å². The number of rotatable bonds is 4. The Kier molecular flexibility index (Phi) is 3.55. The molecule has 1 aliphatic rings. The van der Waals surface area contributed by atoms with Crippen LogP contribution in [0.1, 0.15) is 40.5 Å². The van der Waals surface area contributed by atoms with Crippen molar-refractivity contribution in [3.8, 4) is 0 Å². The van der Waals surface area contributed by atoms with Gasteiger partial charge in [-0.25, -0.2) is 0 Å². The zero-order chi connectivity index (χ0) is 10.7. The highest BCUT2D eigenvalue weighted by atomic mass is 16.5. The maximum Gasteiger partial charge on any atom is 0.240 e. The molecule has 0 aromatic carbocycles. The smallest absolute Gasteiger partial charge is 0.240 e. The number of ketones is 1. The number of carbonyl (C=O) groups is 1. The topological polar surface area (TPSA) is 35.5 Å². The van der Waals surface area contributed by atoms with Crippen LogP contribution >= 0.6 is 0 Å². The van der Waals surface area contributed by atoms with Gasteiger partial charge in [0.1, 0.15) is 5.76 Å². The zero-order valence-electron chi connectivity index (χ0n) is 9.29. The van der Waals surface area contributed by atoms with E-state index in [-0.39, 0.29) is 18.0 Å². The fraction of sp³-hybridized carbons (Fsp3) is 0.727. The number of carbonyl (C=O) groups excluding carboxylic acids is 1. The average Bonchev–Trinajstić information content (AvgIpc) is 2.45. The van der Waals surface area contributed by atoms with Gasteiger partial charge in [-0.05, 0) is 20.3 Å². The van der Waals surface area contributed by atoms with Gasteiger partial charge < -0.3 is 9.47 Å². The van der Waals surface area contributed by atoms with Crippen LogP contribution in [0.3, 0.4) is 0 Å². The largest absolute Gasteiger partial charge is 0.484 e. The number of hydrogen-bond donors (Lipinski definition) is 0. The summed E-state index contributed by atoms with van der Waals surface area (Å²) in [4.78, 5) is 11.6.